The molecule has 1 N–H and O–H groups in total. The second-order valence-corrected chi connectivity index (χ2v) is 7.33. The number of allylic oxidation sites excluding steroid dienone is 2. The SMILES string of the molecule is O=C(N[C@@H]1CCOc2ccccc21)[C@@H]1C[C@H]2C=C[C@H]1C21CC1. The Bertz CT molecular complexity index is 661. The van der Waals surface area contributed by atoms with Crippen molar-refractivity contribution in [3.05, 3.63) is 42.0 Å². The highest BCUT2D eigenvalue weighted by Crippen LogP contribution is 2.70. The first kappa shape index (κ1) is 12.7. The fourth-order valence-electron chi connectivity index (χ4n) is 5.04. The van der Waals surface area contributed by atoms with Crippen LogP contribution >= 0.6 is 0 Å². The van der Waals surface area contributed by atoms with Crippen LogP contribution in [0.2, 0.25) is 0 Å². The zero-order valence-electron chi connectivity index (χ0n) is 12.6. The predicted octanol–water partition coefficient (Wildman–Crippen LogP) is 3.23. The largest absolute Gasteiger partial charge is 0.493 e. The van der Waals surface area contributed by atoms with Crippen LogP contribution in [0.25, 0.3) is 0 Å². The van der Waals surface area contributed by atoms with E-state index in [1.54, 1.807) is 0 Å². The lowest BCUT2D eigenvalue weighted by molar-refractivity contribution is -0.126. The van der Waals surface area contributed by atoms with Crippen molar-refractivity contribution in [2.45, 2.75) is 31.7 Å². The molecule has 0 radical (unpaired) electrons. The summed E-state index contributed by atoms with van der Waals surface area (Å²) in [4.78, 5) is 12.8. The van der Waals surface area contributed by atoms with Crippen LogP contribution in [0.15, 0.2) is 36.4 Å². The maximum absolute atomic E-state index is 12.8. The molecule has 0 unspecified atom stereocenters. The van der Waals surface area contributed by atoms with Gasteiger partial charge in [0.2, 0.25) is 5.91 Å². The van der Waals surface area contributed by atoms with Gasteiger partial charge in [-0.15, -0.1) is 0 Å². The minimum Gasteiger partial charge on any atom is -0.493 e. The minimum absolute atomic E-state index is 0.107. The van der Waals surface area contributed by atoms with E-state index in [4.69, 9.17) is 4.74 Å². The fourth-order valence-corrected chi connectivity index (χ4v) is 5.04. The van der Waals surface area contributed by atoms with Gasteiger partial charge in [-0.05, 0) is 42.6 Å². The van der Waals surface area contributed by atoms with E-state index in [-0.39, 0.29) is 17.9 Å². The van der Waals surface area contributed by atoms with Crippen LogP contribution in [0, 0.1) is 23.2 Å². The first-order valence-electron chi connectivity index (χ1n) is 8.48. The molecule has 4 aliphatic rings. The average molecular weight is 295 g/mol. The monoisotopic (exact) mass is 295 g/mol. The molecule has 1 amide bonds. The summed E-state index contributed by atoms with van der Waals surface area (Å²) in [5, 5.41) is 3.31. The molecule has 1 aromatic rings. The lowest BCUT2D eigenvalue weighted by Gasteiger charge is -2.29. The summed E-state index contributed by atoms with van der Waals surface area (Å²) in [7, 11) is 0. The number of benzene rings is 1. The van der Waals surface area contributed by atoms with Gasteiger partial charge in [0.25, 0.3) is 0 Å². The molecule has 0 saturated heterocycles. The minimum atomic E-state index is 0.107. The third-order valence-corrected chi connectivity index (χ3v) is 6.33. The maximum atomic E-state index is 12.8. The van der Waals surface area contributed by atoms with Gasteiger partial charge in [-0.1, -0.05) is 30.4 Å². The molecule has 1 aromatic carbocycles. The van der Waals surface area contributed by atoms with Crippen LogP contribution in [-0.4, -0.2) is 12.5 Å². The van der Waals surface area contributed by atoms with Gasteiger partial charge in [-0.2, -0.15) is 0 Å². The average Bonchev–Trinajstić information content (AvgIpc) is 3.21. The van der Waals surface area contributed by atoms with E-state index in [2.05, 4.69) is 23.5 Å². The number of carbonyl (C=O) groups is 1. The van der Waals surface area contributed by atoms with E-state index in [1.807, 2.05) is 18.2 Å². The second-order valence-electron chi connectivity index (χ2n) is 7.33. The normalized spacial score (nSPS) is 36.0. The third-order valence-electron chi connectivity index (χ3n) is 6.33. The Morgan fingerprint density at radius 1 is 1.23 bits per heavy atom. The van der Waals surface area contributed by atoms with E-state index in [9.17, 15) is 4.79 Å². The Labute approximate surface area is 130 Å². The summed E-state index contributed by atoms with van der Waals surface area (Å²) in [6, 6.07) is 8.18. The number of ether oxygens (including phenoxy) is 1. The molecule has 1 aliphatic heterocycles. The number of hydrogen-bond acceptors (Lipinski definition) is 2. The number of rotatable bonds is 2. The quantitative estimate of drug-likeness (QED) is 0.851. The van der Waals surface area contributed by atoms with E-state index in [0.717, 1.165) is 24.2 Å². The molecule has 3 heteroatoms. The Kier molecular flexibility index (Phi) is 2.53. The molecule has 0 aromatic heterocycles. The van der Waals surface area contributed by atoms with Crippen molar-refractivity contribution in [3.8, 4) is 5.75 Å². The molecule has 1 heterocycles. The molecule has 22 heavy (non-hydrogen) atoms. The van der Waals surface area contributed by atoms with Gasteiger partial charge < -0.3 is 10.1 Å². The molecule has 4 atom stereocenters. The van der Waals surface area contributed by atoms with Crippen LogP contribution in [0.4, 0.5) is 0 Å². The second kappa shape index (κ2) is 4.37. The number of para-hydroxylation sites is 1. The Balaban J connectivity index is 1.35. The number of nitrogens with one attached hydrogen (secondary N) is 1. The van der Waals surface area contributed by atoms with E-state index in [1.165, 1.54) is 12.8 Å². The van der Waals surface area contributed by atoms with Crippen LogP contribution in [-0.2, 0) is 4.79 Å². The van der Waals surface area contributed by atoms with Crippen molar-refractivity contribution in [1.82, 2.24) is 5.32 Å². The van der Waals surface area contributed by atoms with Crippen molar-refractivity contribution >= 4 is 5.91 Å². The van der Waals surface area contributed by atoms with Crippen LogP contribution < -0.4 is 10.1 Å². The van der Waals surface area contributed by atoms with Gasteiger partial charge in [0.1, 0.15) is 5.75 Å². The summed E-state index contributed by atoms with van der Waals surface area (Å²) in [5.74, 6) is 2.52. The van der Waals surface area contributed by atoms with Gasteiger partial charge in [-0.3, -0.25) is 4.79 Å². The first-order valence-corrected chi connectivity index (χ1v) is 8.48. The van der Waals surface area contributed by atoms with Gasteiger partial charge in [0, 0.05) is 17.9 Å². The van der Waals surface area contributed by atoms with Gasteiger partial charge >= 0.3 is 0 Å². The van der Waals surface area contributed by atoms with E-state index >= 15 is 0 Å². The van der Waals surface area contributed by atoms with Crippen LogP contribution in [0.3, 0.4) is 0 Å². The number of carbonyl (C=O) groups excluding carboxylic acids is 1. The number of fused-ring (bicyclic) bond motifs is 1. The lowest BCUT2D eigenvalue weighted by Crippen LogP contribution is -2.38. The summed E-state index contributed by atoms with van der Waals surface area (Å²) >= 11 is 0. The van der Waals surface area contributed by atoms with Crippen molar-refractivity contribution in [2.24, 2.45) is 23.2 Å². The zero-order chi connectivity index (χ0) is 14.7. The Morgan fingerprint density at radius 2 is 2.09 bits per heavy atom. The molecule has 3 nitrogen and oxygen atoms in total. The predicted molar refractivity (Wildman–Crippen MR) is 83.3 cm³/mol. The number of amides is 1. The van der Waals surface area contributed by atoms with Crippen LogP contribution in [0.1, 0.15) is 37.3 Å². The van der Waals surface area contributed by atoms with E-state index < -0.39 is 0 Å². The van der Waals surface area contributed by atoms with Crippen molar-refractivity contribution in [2.75, 3.05) is 6.61 Å². The molecule has 3 aliphatic carbocycles. The highest BCUT2D eigenvalue weighted by molar-refractivity contribution is 5.81. The van der Waals surface area contributed by atoms with Crippen molar-refractivity contribution < 1.29 is 9.53 Å². The van der Waals surface area contributed by atoms with Crippen molar-refractivity contribution in [1.29, 1.82) is 0 Å². The van der Waals surface area contributed by atoms with E-state index in [0.29, 0.717) is 23.9 Å². The van der Waals surface area contributed by atoms with Gasteiger partial charge in [0.05, 0.1) is 12.6 Å². The first-order chi connectivity index (χ1) is 10.8. The zero-order valence-corrected chi connectivity index (χ0v) is 12.6. The molecule has 5 rings (SSSR count). The summed E-state index contributed by atoms with van der Waals surface area (Å²) < 4.78 is 5.69. The highest BCUT2D eigenvalue weighted by Gasteiger charge is 2.64. The maximum Gasteiger partial charge on any atom is 0.224 e. The highest BCUT2D eigenvalue weighted by atomic mass is 16.5. The lowest BCUT2D eigenvalue weighted by atomic mass is 9.88. The number of hydrogen-bond donors (Lipinski definition) is 1. The summed E-state index contributed by atoms with van der Waals surface area (Å²) in [6.45, 7) is 0.683. The molecule has 2 bridgehead atoms. The van der Waals surface area contributed by atoms with Gasteiger partial charge in [-0.25, -0.2) is 0 Å². The smallest absolute Gasteiger partial charge is 0.224 e. The third kappa shape index (κ3) is 1.65. The van der Waals surface area contributed by atoms with Crippen LogP contribution in [0.5, 0.6) is 5.75 Å². The Hall–Kier alpha value is -1.77. The van der Waals surface area contributed by atoms with Crippen molar-refractivity contribution in [3.63, 3.8) is 0 Å². The fraction of sp³-hybridized carbons (Fsp3) is 0.526. The molecular formula is C19H21NO2. The molecule has 114 valence electrons. The topological polar surface area (TPSA) is 38.3 Å². The summed E-state index contributed by atoms with van der Waals surface area (Å²) in [5.41, 5.74) is 1.61. The molecule has 2 saturated carbocycles. The molecule has 1 spiro atoms. The molecular weight excluding hydrogens is 274 g/mol. The van der Waals surface area contributed by atoms with Gasteiger partial charge in [0.15, 0.2) is 0 Å². The summed E-state index contributed by atoms with van der Waals surface area (Å²) in [6.07, 6.45) is 9.25. The standard InChI is InChI=1S/C19H21NO2/c21-18(14-11-12-5-6-15(14)19(12)8-9-19)20-16-7-10-22-17-4-2-1-3-13(16)17/h1-6,12,14-16H,7-11H2,(H,20,21)/t12-,14-,15-,16-/m1/s1. The Morgan fingerprint density at radius 3 is 2.91 bits per heavy atom. The molecule has 2 fully saturated rings.